The van der Waals surface area contributed by atoms with E-state index in [0.29, 0.717) is 28.3 Å². The van der Waals surface area contributed by atoms with Crippen molar-refractivity contribution in [3.8, 4) is 5.75 Å². The number of aryl methyl sites for hydroxylation is 1. The molecule has 0 aliphatic carbocycles. The number of benzene rings is 2. The average molecular weight is 486 g/mol. The van der Waals surface area contributed by atoms with Crippen LogP contribution in [0.4, 0.5) is 13.2 Å². The summed E-state index contributed by atoms with van der Waals surface area (Å²) in [5, 5.41) is 10.2. The number of halogens is 4. The molecule has 2 rings (SSSR count). The van der Waals surface area contributed by atoms with Gasteiger partial charge in [-0.2, -0.15) is 13.2 Å². The lowest BCUT2D eigenvalue weighted by Gasteiger charge is -2.24. The summed E-state index contributed by atoms with van der Waals surface area (Å²) in [5.74, 6) is -0.280. The van der Waals surface area contributed by atoms with E-state index in [1.54, 1.807) is 25.1 Å². The minimum absolute atomic E-state index is 0.0396. The molecule has 5 N–H and O–H groups in total. The maximum atomic E-state index is 12.9. The lowest BCUT2D eigenvalue weighted by Crippen LogP contribution is -2.41. The minimum atomic E-state index is -4.63. The van der Waals surface area contributed by atoms with E-state index in [4.69, 9.17) is 27.1 Å². The van der Waals surface area contributed by atoms with Crippen molar-refractivity contribution >= 4 is 31.2 Å². The molecule has 2 aromatic rings. The number of phenolic OH excluding ortho intramolecular Hbond substituents is 1. The number of hydrogen-bond donors (Lipinski definition) is 4. The van der Waals surface area contributed by atoms with Crippen LogP contribution < -0.4 is 5.73 Å². The van der Waals surface area contributed by atoms with E-state index in [9.17, 15) is 22.8 Å². The fourth-order valence-corrected chi connectivity index (χ4v) is 4.15. The van der Waals surface area contributed by atoms with Gasteiger partial charge in [-0.3, -0.25) is 4.52 Å². The summed E-state index contributed by atoms with van der Waals surface area (Å²) in [4.78, 5) is 18.1. The molecule has 0 bridgehead atoms. The number of phenols is 1. The molecule has 0 saturated heterocycles. The molecule has 166 valence electrons. The first-order chi connectivity index (χ1) is 13.7. The van der Waals surface area contributed by atoms with Crippen molar-refractivity contribution in [1.82, 2.24) is 0 Å². The van der Waals surface area contributed by atoms with E-state index in [1.165, 1.54) is 0 Å². The summed E-state index contributed by atoms with van der Waals surface area (Å²) in [6.07, 6.45) is -3.83. The third kappa shape index (κ3) is 7.77. The zero-order valence-corrected chi connectivity index (χ0v) is 18.2. The van der Waals surface area contributed by atoms with Gasteiger partial charge in [-0.1, -0.05) is 29.4 Å². The van der Waals surface area contributed by atoms with Crippen LogP contribution >= 0.6 is 31.2 Å². The highest BCUT2D eigenvalue weighted by Crippen LogP contribution is 2.40. The van der Waals surface area contributed by atoms with Crippen LogP contribution in [0, 0.1) is 0 Å². The second kappa shape index (κ2) is 9.48. The quantitative estimate of drug-likeness (QED) is 0.390. The van der Waals surface area contributed by atoms with Gasteiger partial charge in [0.1, 0.15) is 5.75 Å². The second-order valence-corrected chi connectivity index (χ2v) is 9.72. The van der Waals surface area contributed by atoms with Gasteiger partial charge in [0.2, 0.25) is 0 Å². The first-order valence-corrected chi connectivity index (χ1v) is 11.2. The molecule has 0 aliphatic heterocycles. The van der Waals surface area contributed by atoms with E-state index in [1.807, 2.05) is 0 Å². The molecule has 0 spiro atoms. The maximum absolute atomic E-state index is 12.9. The van der Waals surface area contributed by atoms with Crippen LogP contribution in [0.25, 0.3) is 0 Å². The normalized spacial score (nSPS) is 14.5. The summed E-state index contributed by atoms with van der Waals surface area (Å²) in [6, 6.07) is 7.53. The summed E-state index contributed by atoms with van der Waals surface area (Å²) >= 11 is 7.20. The number of alkyl halides is 3. The molecule has 1 atom stereocenters. The fourth-order valence-electron chi connectivity index (χ4n) is 2.42. The molecule has 0 radical (unpaired) electrons. The maximum Gasteiger partial charge on any atom is 0.469 e. The molecule has 30 heavy (non-hydrogen) atoms. The van der Waals surface area contributed by atoms with Gasteiger partial charge in [-0.05, 0) is 55.7 Å². The smallest absolute Gasteiger partial charge is 0.469 e. The Kier molecular flexibility index (Phi) is 7.90. The molecule has 6 nitrogen and oxygen atoms in total. The van der Waals surface area contributed by atoms with Crippen molar-refractivity contribution in [3.05, 3.63) is 52.5 Å². The van der Waals surface area contributed by atoms with E-state index in [2.05, 4.69) is 4.52 Å². The molecular weight excluding hydrogens is 466 g/mol. The Morgan fingerprint density at radius 1 is 1.20 bits per heavy atom. The van der Waals surface area contributed by atoms with Crippen molar-refractivity contribution in [2.24, 2.45) is 5.73 Å². The Hall–Kier alpha value is -1.26. The molecule has 2 aromatic carbocycles. The average Bonchev–Trinajstić information content (AvgIpc) is 2.60. The Morgan fingerprint density at radius 3 is 2.43 bits per heavy atom. The van der Waals surface area contributed by atoms with Crippen LogP contribution in [0.1, 0.15) is 24.5 Å². The van der Waals surface area contributed by atoms with Crippen LogP contribution in [0.15, 0.2) is 46.2 Å². The third-order valence-electron chi connectivity index (χ3n) is 4.07. The monoisotopic (exact) mass is 485 g/mol. The fraction of sp³-hybridized carbons (Fsp3) is 0.333. The molecule has 0 saturated carbocycles. The Bertz CT molecular complexity index is 952. The van der Waals surface area contributed by atoms with Crippen LogP contribution in [0.2, 0.25) is 5.02 Å². The summed E-state index contributed by atoms with van der Waals surface area (Å²) < 4.78 is 53.9. The number of hydrogen-bond acceptors (Lipinski definition) is 5. The van der Waals surface area contributed by atoms with Crippen LogP contribution in [-0.4, -0.2) is 27.0 Å². The van der Waals surface area contributed by atoms with Crippen molar-refractivity contribution < 1.29 is 37.2 Å². The molecular formula is C18H20ClF3NO5PS. The van der Waals surface area contributed by atoms with Gasteiger partial charge >= 0.3 is 14.0 Å². The molecule has 0 unspecified atom stereocenters. The van der Waals surface area contributed by atoms with Gasteiger partial charge in [-0.15, -0.1) is 0 Å². The molecule has 12 heteroatoms. The lowest BCUT2D eigenvalue weighted by atomic mass is 9.95. The lowest BCUT2D eigenvalue weighted by molar-refractivity contribution is -0.137. The first kappa shape index (κ1) is 25.0. The molecule has 0 aromatic heterocycles. The van der Waals surface area contributed by atoms with Gasteiger partial charge < -0.3 is 20.6 Å². The molecule has 0 aliphatic rings. The number of phosphoric ester groups is 1. The molecule has 0 fully saturated rings. The first-order valence-electron chi connectivity index (χ1n) is 8.52. The summed E-state index contributed by atoms with van der Waals surface area (Å²) in [6.45, 7) is 1.23. The van der Waals surface area contributed by atoms with Gasteiger partial charge in [0.15, 0.2) is 0 Å². The topological polar surface area (TPSA) is 113 Å². The number of aromatic hydroxyl groups is 1. The van der Waals surface area contributed by atoms with Crippen molar-refractivity contribution in [2.75, 3.05) is 6.61 Å². The van der Waals surface area contributed by atoms with Gasteiger partial charge in [0, 0.05) is 15.5 Å². The Morgan fingerprint density at radius 2 is 1.87 bits per heavy atom. The predicted molar refractivity (Wildman–Crippen MR) is 108 cm³/mol. The van der Waals surface area contributed by atoms with E-state index < -0.39 is 25.1 Å². The number of nitrogens with two attached hydrogens (primary N) is 1. The second-order valence-electron chi connectivity index (χ2n) is 6.95. The highest BCUT2D eigenvalue weighted by atomic mass is 35.5. The van der Waals surface area contributed by atoms with E-state index >= 15 is 0 Å². The Balaban J connectivity index is 2.08. The minimum Gasteiger partial charge on any atom is -0.507 e. The van der Waals surface area contributed by atoms with Gasteiger partial charge in [0.25, 0.3) is 0 Å². The number of rotatable bonds is 8. The molecule has 0 amide bonds. The van der Waals surface area contributed by atoms with Gasteiger partial charge in [-0.25, -0.2) is 4.57 Å². The molecule has 0 heterocycles. The van der Waals surface area contributed by atoms with E-state index in [0.717, 1.165) is 30.0 Å². The van der Waals surface area contributed by atoms with Crippen molar-refractivity contribution in [1.29, 1.82) is 0 Å². The largest absolute Gasteiger partial charge is 0.507 e. The van der Waals surface area contributed by atoms with Gasteiger partial charge in [0.05, 0.1) is 17.1 Å². The highest BCUT2D eigenvalue weighted by Gasteiger charge is 2.31. The van der Waals surface area contributed by atoms with Crippen LogP contribution in [0.3, 0.4) is 0 Å². The zero-order valence-electron chi connectivity index (χ0n) is 15.7. The standard InChI is InChI=1S/C18H20ClF3NO5PS/c1-17(23,10-28-29(25,26)27)7-6-11-2-4-13(9-14(11)19)30-16-8-12(18(20,21)22)3-5-15(16)24/h2-5,8-9,24H,6-7,10,23H2,1H3,(H2,25,26,27)/t17-/m0/s1. The SMILES string of the molecule is C[C@](N)(CCc1ccc(Sc2cc(C(F)(F)F)ccc2O)cc1Cl)COP(=O)(O)O. The zero-order chi connectivity index (χ0) is 22.7. The predicted octanol–water partition coefficient (Wildman–Crippen LogP) is 4.97. The van der Waals surface area contributed by atoms with Crippen LogP contribution in [-0.2, 0) is 21.7 Å². The Labute approximate surface area is 180 Å². The number of phosphoric acid groups is 1. The van der Waals surface area contributed by atoms with Crippen molar-refractivity contribution in [3.63, 3.8) is 0 Å². The summed E-state index contributed by atoms with van der Waals surface area (Å²) in [5.41, 5.74) is 4.80. The van der Waals surface area contributed by atoms with E-state index in [-0.39, 0.29) is 17.3 Å². The summed E-state index contributed by atoms with van der Waals surface area (Å²) in [7, 11) is -4.63. The van der Waals surface area contributed by atoms with Crippen molar-refractivity contribution in [2.45, 2.75) is 41.3 Å². The highest BCUT2D eigenvalue weighted by molar-refractivity contribution is 7.99. The van der Waals surface area contributed by atoms with Crippen LogP contribution in [0.5, 0.6) is 5.75 Å². The third-order valence-corrected chi connectivity index (χ3v) is 5.92.